The Morgan fingerprint density at radius 3 is 2.79 bits per heavy atom. The fraction of sp³-hybridized carbons (Fsp3) is 0.192. The molecule has 2 unspecified atom stereocenters. The highest BCUT2D eigenvalue weighted by atomic mass is 32.2. The number of H-pyrrole nitrogens is 1. The van der Waals surface area contributed by atoms with Gasteiger partial charge in [-0.15, -0.1) is 0 Å². The van der Waals surface area contributed by atoms with Crippen LogP contribution in [-0.2, 0) is 11.0 Å². The number of anilines is 3. The van der Waals surface area contributed by atoms with Crippen LogP contribution in [0.1, 0.15) is 23.7 Å². The van der Waals surface area contributed by atoms with Crippen molar-refractivity contribution in [2.75, 3.05) is 27.7 Å². The smallest absolute Gasteiger partial charge is 0.258 e. The third kappa shape index (κ3) is 4.24. The molecular weight excluding hydrogens is 432 g/mol. The summed E-state index contributed by atoms with van der Waals surface area (Å²) in [4.78, 5) is 18.7. The van der Waals surface area contributed by atoms with Crippen LogP contribution in [0.15, 0.2) is 72.9 Å². The van der Waals surface area contributed by atoms with Gasteiger partial charge >= 0.3 is 0 Å². The molecule has 0 saturated carbocycles. The van der Waals surface area contributed by atoms with Crippen molar-refractivity contribution in [1.82, 2.24) is 4.98 Å². The number of nitrogens with one attached hydrogen (secondary N) is 3. The molecule has 3 aromatic carbocycles. The van der Waals surface area contributed by atoms with E-state index in [1.165, 1.54) is 0 Å². The van der Waals surface area contributed by atoms with Crippen LogP contribution >= 0.6 is 0 Å². The van der Waals surface area contributed by atoms with Gasteiger partial charge in [0, 0.05) is 41.7 Å². The minimum atomic E-state index is -1.28. The lowest BCUT2D eigenvalue weighted by molar-refractivity contribution is 0.0987. The quantitative estimate of drug-likeness (QED) is 0.384. The molecule has 0 bridgehead atoms. The number of carbonyl (C=O) groups excluding carboxylic acids is 1. The highest BCUT2D eigenvalue weighted by Gasteiger charge is 2.25. The molecule has 1 amide bonds. The van der Waals surface area contributed by atoms with E-state index in [1.54, 1.807) is 6.26 Å². The van der Waals surface area contributed by atoms with Gasteiger partial charge in [0.25, 0.3) is 5.91 Å². The van der Waals surface area contributed by atoms with E-state index < -0.39 is 11.0 Å². The zero-order valence-corrected chi connectivity index (χ0v) is 19.4. The monoisotopic (exact) mass is 458 g/mol. The number of amides is 1. The van der Waals surface area contributed by atoms with E-state index in [0.717, 1.165) is 39.8 Å². The van der Waals surface area contributed by atoms with Gasteiger partial charge in [-0.2, -0.15) is 0 Å². The Morgan fingerprint density at radius 1 is 1.09 bits per heavy atom. The van der Waals surface area contributed by atoms with Crippen molar-refractivity contribution in [1.29, 1.82) is 0 Å². The summed E-state index contributed by atoms with van der Waals surface area (Å²) < 4.78 is 15.1. The Balaban J connectivity index is 1.55. The number of para-hydroxylation sites is 2. The number of fused-ring (bicyclic) bond motifs is 2. The van der Waals surface area contributed by atoms with Crippen LogP contribution in [0.2, 0.25) is 0 Å². The summed E-state index contributed by atoms with van der Waals surface area (Å²) >= 11 is 0. The van der Waals surface area contributed by atoms with Crippen LogP contribution in [-0.4, -0.2) is 33.9 Å². The SMILES string of the molecule is CC1CCN(C(=O)c2ccc(-c3ccc4[nH]ccc4c3)c(NS(C)=O)c2)c2ccccc2N1. The molecule has 6 nitrogen and oxygen atoms in total. The third-order valence-corrected chi connectivity index (χ3v) is 6.52. The fourth-order valence-electron chi connectivity index (χ4n) is 4.37. The molecule has 0 aliphatic carbocycles. The minimum absolute atomic E-state index is 0.0732. The van der Waals surface area contributed by atoms with Crippen LogP contribution in [0.5, 0.6) is 0 Å². The van der Waals surface area contributed by atoms with Crippen LogP contribution in [0.3, 0.4) is 0 Å². The van der Waals surface area contributed by atoms with Crippen molar-refractivity contribution in [3.05, 3.63) is 78.5 Å². The standard InChI is InChI=1S/C26H26N4O2S/c1-17-12-14-30(25-6-4-3-5-23(25)28-17)26(31)20-7-9-21(24(16-20)29-33(2)32)18-8-10-22-19(15-18)11-13-27-22/h3-11,13,15-17,27-29H,12,14H2,1-2H3. The molecule has 5 rings (SSSR count). The predicted octanol–water partition coefficient (Wildman–Crippen LogP) is 5.39. The third-order valence-electron chi connectivity index (χ3n) is 6.01. The Bertz CT molecular complexity index is 1360. The maximum atomic E-state index is 13.6. The van der Waals surface area contributed by atoms with Crippen molar-refractivity contribution >= 4 is 44.9 Å². The van der Waals surface area contributed by atoms with Gasteiger partial charge in [-0.05, 0) is 66.8 Å². The van der Waals surface area contributed by atoms with Gasteiger partial charge in [0.15, 0.2) is 0 Å². The fourth-order valence-corrected chi connectivity index (χ4v) is 4.85. The van der Waals surface area contributed by atoms with Crippen molar-refractivity contribution in [3.8, 4) is 11.1 Å². The van der Waals surface area contributed by atoms with Crippen molar-refractivity contribution < 1.29 is 9.00 Å². The summed E-state index contributed by atoms with van der Waals surface area (Å²) in [7, 11) is -1.28. The maximum absolute atomic E-state index is 13.6. The van der Waals surface area contributed by atoms with E-state index in [-0.39, 0.29) is 11.9 Å². The topological polar surface area (TPSA) is 77.2 Å². The Labute approximate surface area is 195 Å². The second-order valence-corrected chi connectivity index (χ2v) is 9.52. The van der Waals surface area contributed by atoms with Gasteiger partial charge in [0.1, 0.15) is 11.0 Å². The molecule has 0 fully saturated rings. The van der Waals surface area contributed by atoms with Crippen LogP contribution < -0.4 is 14.9 Å². The molecular formula is C26H26N4O2S. The van der Waals surface area contributed by atoms with Crippen molar-refractivity contribution in [3.63, 3.8) is 0 Å². The predicted molar refractivity (Wildman–Crippen MR) is 137 cm³/mol. The second-order valence-electron chi connectivity index (χ2n) is 8.40. The molecule has 0 saturated heterocycles. The van der Waals surface area contributed by atoms with Crippen molar-refractivity contribution in [2.45, 2.75) is 19.4 Å². The first-order valence-electron chi connectivity index (χ1n) is 11.0. The molecule has 1 aliphatic heterocycles. The Morgan fingerprint density at radius 2 is 1.94 bits per heavy atom. The molecule has 33 heavy (non-hydrogen) atoms. The summed E-state index contributed by atoms with van der Waals surface area (Å²) in [5.41, 5.74) is 6.01. The van der Waals surface area contributed by atoms with E-state index in [0.29, 0.717) is 17.8 Å². The summed E-state index contributed by atoms with van der Waals surface area (Å²) in [6.45, 7) is 2.75. The normalized spacial score (nSPS) is 16.5. The molecule has 2 atom stereocenters. The zero-order valence-electron chi connectivity index (χ0n) is 18.6. The molecule has 0 radical (unpaired) electrons. The lowest BCUT2D eigenvalue weighted by Gasteiger charge is -2.23. The number of benzene rings is 3. The number of rotatable bonds is 4. The largest absolute Gasteiger partial charge is 0.381 e. The lowest BCUT2D eigenvalue weighted by atomic mass is 10.00. The Hall–Kier alpha value is -3.58. The highest BCUT2D eigenvalue weighted by molar-refractivity contribution is 7.85. The van der Waals surface area contributed by atoms with Gasteiger partial charge in [-0.3, -0.25) is 4.79 Å². The average Bonchev–Trinajstić information content (AvgIpc) is 3.20. The second kappa shape index (κ2) is 8.75. The average molecular weight is 459 g/mol. The van der Waals surface area contributed by atoms with E-state index in [2.05, 4.69) is 28.0 Å². The molecule has 1 aliphatic rings. The Kier molecular flexibility index (Phi) is 5.64. The minimum Gasteiger partial charge on any atom is -0.381 e. The number of hydrogen-bond acceptors (Lipinski definition) is 3. The van der Waals surface area contributed by atoms with Crippen LogP contribution in [0.4, 0.5) is 17.1 Å². The molecule has 1 aromatic heterocycles. The first-order valence-corrected chi connectivity index (χ1v) is 12.5. The summed E-state index contributed by atoms with van der Waals surface area (Å²) in [5, 5.41) is 4.59. The first kappa shape index (κ1) is 21.3. The number of aromatic amines is 1. The summed E-state index contributed by atoms with van der Waals surface area (Å²) in [5.74, 6) is -0.0732. The van der Waals surface area contributed by atoms with Gasteiger partial charge in [0.2, 0.25) is 0 Å². The maximum Gasteiger partial charge on any atom is 0.258 e. The van der Waals surface area contributed by atoms with E-state index in [9.17, 15) is 9.00 Å². The number of hydrogen-bond donors (Lipinski definition) is 3. The molecule has 3 N–H and O–H groups in total. The van der Waals surface area contributed by atoms with E-state index >= 15 is 0 Å². The molecule has 4 aromatic rings. The van der Waals surface area contributed by atoms with Crippen molar-refractivity contribution in [2.24, 2.45) is 0 Å². The first-order chi connectivity index (χ1) is 16.0. The molecule has 7 heteroatoms. The van der Waals surface area contributed by atoms with E-state index in [1.807, 2.05) is 71.8 Å². The van der Waals surface area contributed by atoms with Crippen LogP contribution in [0.25, 0.3) is 22.0 Å². The highest BCUT2D eigenvalue weighted by Crippen LogP contribution is 2.34. The summed E-state index contributed by atoms with van der Waals surface area (Å²) in [6, 6.07) is 21.9. The number of nitrogens with zero attached hydrogens (tertiary/aromatic N) is 1. The molecule has 0 spiro atoms. The lowest BCUT2D eigenvalue weighted by Crippen LogP contribution is -2.32. The zero-order chi connectivity index (χ0) is 22.9. The van der Waals surface area contributed by atoms with Gasteiger partial charge in [-0.1, -0.05) is 24.3 Å². The molecule has 2 heterocycles. The number of carbonyl (C=O) groups is 1. The van der Waals surface area contributed by atoms with E-state index in [4.69, 9.17) is 0 Å². The van der Waals surface area contributed by atoms with Gasteiger partial charge in [-0.25, -0.2) is 4.21 Å². The van der Waals surface area contributed by atoms with Gasteiger partial charge < -0.3 is 19.9 Å². The summed E-state index contributed by atoms with van der Waals surface area (Å²) in [6.07, 6.45) is 4.34. The van der Waals surface area contributed by atoms with Gasteiger partial charge in [0.05, 0.1) is 17.1 Å². The molecule has 168 valence electrons. The number of aromatic nitrogens is 1. The van der Waals surface area contributed by atoms with Crippen LogP contribution in [0, 0.1) is 0 Å².